The summed E-state index contributed by atoms with van der Waals surface area (Å²) in [7, 11) is 2.16. The van der Waals surface area contributed by atoms with Gasteiger partial charge in [0.15, 0.2) is 0 Å². The first kappa shape index (κ1) is 14.1. The molecule has 0 amide bonds. The minimum Gasteiger partial charge on any atom is -0.475 e. The third kappa shape index (κ3) is 3.58. The molecule has 1 aliphatic rings. The van der Waals surface area contributed by atoms with Crippen LogP contribution in [-0.4, -0.2) is 42.2 Å². The van der Waals surface area contributed by atoms with Crippen molar-refractivity contribution in [2.45, 2.75) is 38.3 Å². The summed E-state index contributed by atoms with van der Waals surface area (Å²) in [5, 5.41) is 12.3. The minimum atomic E-state index is -1.02. The van der Waals surface area contributed by atoms with Gasteiger partial charge in [-0.2, -0.15) is 0 Å². The molecule has 2 N–H and O–H groups in total. The highest BCUT2D eigenvalue weighted by Gasteiger charge is 2.20. The van der Waals surface area contributed by atoms with Crippen LogP contribution in [0.3, 0.4) is 0 Å². The normalized spacial score (nSPS) is 22.3. The second-order valence-corrected chi connectivity index (χ2v) is 5.27. The van der Waals surface area contributed by atoms with Crippen LogP contribution in [0.2, 0.25) is 0 Å². The molecule has 2 unspecified atom stereocenters. The molecule has 0 saturated carbocycles. The lowest BCUT2D eigenvalue weighted by Crippen LogP contribution is -2.43. The van der Waals surface area contributed by atoms with Crippen molar-refractivity contribution in [2.75, 3.05) is 20.1 Å². The van der Waals surface area contributed by atoms with Crippen LogP contribution >= 0.6 is 0 Å². The van der Waals surface area contributed by atoms with Gasteiger partial charge in [0.25, 0.3) is 0 Å². The van der Waals surface area contributed by atoms with Gasteiger partial charge in [-0.25, -0.2) is 4.79 Å². The van der Waals surface area contributed by atoms with Crippen LogP contribution in [0.25, 0.3) is 0 Å². The Morgan fingerprint density at radius 1 is 1.58 bits per heavy atom. The lowest BCUT2D eigenvalue weighted by atomic mass is 10.0. The Morgan fingerprint density at radius 2 is 2.37 bits per heavy atom. The number of furan rings is 1. The van der Waals surface area contributed by atoms with Gasteiger partial charge in [0, 0.05) is 12.6 Å². The summed E-state index contributed by atoms with van der Waals surface area (Å²) in [4.78, 5) is 13.1. The van der Waals surface area contributed by atoms with E-state index >= 15 is 0 Å². The Hall–Kier alpha value is -1.33. The first-order chi connectivity index (χ1) is 9.08. The largest absolute Gasteiger partial charge is 0.475 e. The lowest BCUT2D eigenvalue weighted by molar-refractivity contribution is 0.0659. The van der Waals surface area contributed by atoms with Crippen molar-refractivity contribution in [3.63, 3.8) is 0 Å². The molecule has 1 fully saturated rings. The number of likely N-dealkylation sites (N-methyl/N-ethyl adjacent to an activating group) is 1. The maximum atomic E-state index is 10.8. The fourth-order valence-corrected chi connectivity index (χ4v) is 2.52. The first-order valence-electron chi connectivity index (χ1n) is 6.84. The van der Waals surface area contributed by atoms with Gasteiger partial charge in [0.2, 0.25) is 5.76 Å². The predicted octanol–water partition coefficient (Wildman–Crippen LogP) is 2.11. The quantitative estimate of drug-likeness (QED) is 0.854. The summed E-state index contributed by atoms with van der Waals surface area (Å²) in [6.45, 7) is 4.05. The molecule has 1 aliphatic heterocycles. The summed E-state index contributed by atoms with van der Waals surface area (Å²) in [5.41, 5.74) is 0. The molecule has 0 spiro atoms. The Morgan fingerprint density at radius 3 is 3.00 bits per heavy atom. The second kappa shape index (κ2) is 6.21. The van der Waals surface area contributed by atoms with E-state index in [0.717, 1.165) is 13.1 Å². The zero-order chi connectivity index (χ0) is 13.8. The summed E-state index contributed by atoms with van der Waals surface area (Å²) < 4.78 is 5.30. The molecule has 0 bridgehead atoms. The van der Waals surface area contributed by atoms with E-state index in [-0.39, 0.29) is 11.8 Å². The number of rotatable bonds is 5. The van der Waals surface area contributed by atoms with Crippen molar-refractivity contribution < 1.29 is 14.3 Å². The Balaban J connectivity index is 1.86. The van der Waals surface area contributed by atoms with E-state index in [1.165, 1.54) is 25.3 Å². The average molecular weight is 266 g/mol. The molecular weight excluding hydrogens is 244 g/mol. The second-order valence-electron chi connectivity index (χ2n) is 5.27. The van der Waals surface area contributed by atoms with E-state index < -0.39 is 5.97 Å². The molecule has 1 saturated heterocycles. The van der Waals surface area contributed by atoms with Crippen molar-refractivity contribution in [1.82, 2.24) is 10.2 Å². The molecule has 5 heteroatoms. The van der Waals surface area contributed by atoms with Gasteiger partial charge in [-0.3, -0.25) is 0 Å². The third-order valence-corrected chi connectivity index (χ3v) is 3.85. The standard InChI is InChI=1S/C14H22N2O3/c1-10(12-6-7-13(19-12)14(17)18)15-9-11-5-3-4-8-16(11)2/h6-7,10-11,15H,3-5,8-9H2,1-2H3,(H,17,18). The number of carbonyl (C=O) groups is 1. The molecule has 2 atom stereocenters. The highest BCUT2D eigenvalue weighted by molar-refractivity contribution is 5.84. The maximum Gasteiger partial charge on any atom is 0.371 e. The number of nitrogens with zero attached hydrogens (tertiary/aromatic N) is 1. The van der Waals surface area contributed by atoms with Gasteiger partial charge in [0.1, 0.15) is 5.76 Å². The van der Waals surface area contributed by atoms with E-state index in [2.05, 4.69) is 17.3 Å². The van der Waals surface area contributed by atoms with E-state index in [1.54, 1.807) is 6.07 Å². The third-order valence-electron chi connectivity index (χ3n) is 3.85. The molecule has 1 aromatic rings. The van der Waals surface area contributed by atoms with Gasteiger partial charge in [-0.05, 0) is 45.5 Å². The van der Waals surface area contributed by atoms with Crippen LogP contribution in [0.5, 0.6) is 0 Å². The number of nitrogens with one attached hydrogen (secondary N) is 1. The molecular formula is C14H22N2O3. The van der Waals surface area contributed by atoms with Crippen molar-refractivity contribution >= 4 is 5.97 Å². The van der Waals surface area contributed by atoms with E-state index in [1.807, 2.05) is 6.92 Å². The fourth-order valence-electron chi connectivity index (χ4n) is 2.52. The fraction of sp³-hybridized carbons (Fsp3) is 0.643. The van der Waals surface area contributed by atoms with E-state index in [9.17, 15) is 4.79 Å². The Kier molecular flexibility index (Phi) is 4.61. The number of carboxylic acid groups (broad SMARTS) is 1. The summed E-state index contributed by atoms with van der Waals surface area (Å²) >= 11 is 0. The van der Waals surface area contributed by atoms with Crippen LogP contribution in [-0.2, 0) is 0 Å². The number of hydrogen-bond donors (Lipinski definition) is 2. The molecule has 2 rings (SSSR count). The highest BCUT2D eigenvalue weighted by Crippen LogP contribution is 2.18. The lowest BCUT2D eigenvalue weighted by Gasteiger charge is -2.33. The molecule has 0 aromatic carbocycles. The molecule has 0 radical (unpaired) electrons. The number of hydrogen-bond acceptors (Lipinski definition) is 4. The van der Waals surface area contributed by atoms with Gasteiger partial charge < -0.3 is 19.7 Å². The topological polar surface area (TPSA) is 65.7 Å². The Bertz CT molecular complexity index is 430. The van der Waals surface area contributed by atoms with Crippen molar-refractivity contribution in [2.24, 2.45) is 0 Å². The molecule has 19 heavy (non-hydrogen) atoms. The highest BCUT2D eigenvalue weighted by atomic mass is 16.4. The molecule has 2 heterocycles. The monoisotopic (exact) mass is 266 g/mol. The van der Waals surface area contributed by atoms with Gasteiger partial charge >= 0.3 is 5.97 Å². The average Bonchev–Trinajstić information content (AvgIpc) is 2.87. The number of likely N-dealkylation sites (tertiary alicyclic amines) is 1. The summed E-state index contributed by atoms with van der Waals surface area (Å²) in [5.74, 6) is -0.347. The zero-order valence-electron chi connectivity index (χ0n) is 11.6. The van der Waals surface area contributed by atoms with Crippen molar-refractivity contribution in [3.8, 4) is 0 Å². The maximum absolute atomic E-state index is 10.8. The van der Waals surface area contributed by atoms with Crippen molar-refractivity contribution in [1.29, 1.82) is 0 Å². The van der Waals surface area contributed by atoms with Crippen LogP contribution in [0.1, 0.15) is 48.5 Å². The smallest absolute Gasteiger partial charge is 0.371 e. The molecule has 1 aromatic heterocycles. The minimum absolute atomic E-state index is 0.00145. The first-order valence-corrected chi connectivity index (χ1v) is 6.84. The van der Waals surface area contributed by atoms with Crippen LogP contribution in [0.15, 0.2) is 16.5 Å². The summed E-state index contributed by atoms with van der Waals surface area (Å²) in [6, 6.07) is 3.82. The zero-order valence-corrected chi connectivity index (χ0v) is 11.6. The Labute approximate surface area is 113 Å². The van der Waals surface area contributed by atoms with Gasteiger partial charge in [-0.15, -0.1) is 0 Å². The van der Waals surface area contributed by atoms with Crippen LogP contribution in [0.4, 0.5) is 0 Å². The number of carboxylic acids is 1. The number of piperidine rings is 1. The van der Waals surface area contributed by atoms with E-state index in [4.69, 9.17) is 9.52 Å². The molecule has 0 aliphatic carbocycles. The SMILES string of the molecule is CC(NCC1CCCCN1C)c1ccc(C(=O)O)o1. The van der Waals surface area contributed by atoms with Gasteiger partial charge in [0.05, 0.1) is 6.04 Å². The summed E-state index contributed by atoms with van der Waals surface area (Å²) in [6.07, 6.45) is 3.78. The van der Waals surface area contributed by atoms with Crippen LogP contribution < -0.4 is 5.32 Å². The number of aromatic carboxylic acids is 1. The molecule has 106 valence electrons. The molecule has 5 nitrogen and oxygen atoms in total. The predicted molar refractivity (Wildman–Crippen MR) is 72.4 cm³/mol. The van der Waals surface area contributed by atoms with Crippen molar-refractivity contribution in [3.05, 3.63) is 23.7 Å². The van der Waals surface area contributed by atoms with Gasteiger partial charge in [-0.1, -0.05) is 6.42 Å². The van der Waals surface area contributed by atoms with Crippen LogP contribution in [0, 0.1) is 0 Å². The van der Waals surface area contributed by atoms with E-state index in [0.29, 0.717) is 11.8 Å².